The Morgan fingerprint density at radius 3 is 2.53 bits per heavy atom. The van der Waals surface area contributed by atoms with Crippen LogP contribution in [-0.2, 0) is 9.53 Å². The summed E-state index contributed by atoms with van der Waals surface area (Å²) in [6.07, 6.45) is 8.14. The quantitative estimate of drug-likeness (QED) is 0.852. The number of likely N-dealkylation sites (tertiary alicyclic amines) is 1. The Morgan fingerprint density at radius 1 is 1.21 bits per heavy atom. The normalized spacial score (nSPS) is 31.2. The maximum atomic E-state index is 12.5. The van der Waals surface area contributed by atoms with Crippen molar-refractivity contribution in [3.8, 4) is 0 Å². The molecule has 1 amide bonds. The van der Waals surface area contributed by atoms with E-state index in [0.717, 1.165) is 32.2 Å². The number of piperidine rings is 1. The van der Waals surface area contributed by atoms with E-state index < -0.39 is 0 Å². The summed E-state index contributed by atoms with van der Waals surface area (Å²) >= 11 is 0. The second-order valence-electron chi connectivity index (χ2n) is 6.67. The van der Waals surface area contributed by atoms with Gasteiger partial charge < -0.3 is 15.4 Å². The molecule has 0 aromatic carbocycles. The van der Waals surface area contributed by atoms with E-state index in [1.807, 2.05) is 4.90 Å². The first-order valence-electron chi connectivity index (χ1n) is 7.58. The molecule has 0 radical (unpaired) electrons. The van der Waals surface area contributed by atoms with Gasteiger partial charge in [-0.15, -0.1) is 0 Å². The highest BCUT2D eigenvalue weighted by Crippen LogP contribution is 2.30. The molecule has 1 saturated heterocycles. The van der Waals surface area contributed by atoms with Gasteiger partial charge in [-0.2, -0.15) is 0 Å². The standard InChI is InChI=1S/C15H28N2O2/c1-14(19-2)7-6-10-17(12-14)13(18)11-15(16)8-4-3-5-9-15/h3-12,16H2,1-2H3. The molecule has 2 fully saturated rings. The Morgan fingerprint density at radius 2 is 1.89 bits per heavy atom. The zero-order valence-corrected chi connectivity index (χ0v) is 12.4. The second kappa shape index (κ2) is 5.80. The molecule has 1 heterocycles. The maximum absolute atomic E-state index is 12.5. The van der Waals surface area contributed by atoms with Crippen molar-refractivity contribution in [3.63, 3.8) is 0 Å². The van der Waals surface area contributed by atoms with Crippen molar-refractivity contribution in [2.24, 2.45) is 5.73 Å². The Labute approximate surface area is 116 Å². The molecule has 2 aliphatic rings. The summed E-state index contributed by atoms with van der Waals surface area (Å²) in [6.45, 7) is 3.65. The van der Waals surface area contributed by atoms with E-state index in [0.29, 0.717) is 13.0 Å². The van der Waals surface area contributed by atoms with Gasteiger partial charge in [-0.1, -0.05) is 19.3 Å². The summed E-state index contributed by atoms with van der Waals surface area (Å²) in [5, 5.41) is 0. The average molecular weight is 268 g/mol. The molecule has 2 N–H and O–H groups in total. The number of hydrogen-bond donors (Lipinski definition) is 1. The zero-order chi connectivity index (χ0) is 13.9. The molecule has 0 aromatic heterocycles. The lowest BCUT2D eigenvalue weighted by Crippen LogP contribution is -2.53. The first kappa shape index (κ1) is 14.8. The lowest BCUT2D eigenvalue weighted by Gasteiger charge is -2.41. The fourth-order valence-electron chi connectivity index (χ4n) is 3.43. The van der Waals surface area contributed by atoms with Gasteiger partial charge in [0.15, 0.2) is 0 Å². The van der Waals surface area contributed by atoms with Crippen LogP contribution >= 0.6 is 0 Å². The SMILES string of the molecule is COC1(C)CCCN(C(=O)CC2(N)CCCCC2)C1. The third kappa shape index (κ3) is 3.69. The number of nitrogens with two attached hydrogens (primary N) is 1. The average Bonchev–Trinajstić information content (AvgIpc) is 2.39. The van der Waals surface area contributed by atoms with Crippen LogP contribution in [0, 0.1) is 0 Å². The van der Waals surface area contributed by atoms with Gasteiger partial charge in [-0.25, -0.2) is 0 Å². The van der Waals surface area contributed by atoms with Crippen LogP contribution in [0.3, 0.4) is 0 Å². The van der Waals surface area contributed by atoms with E-state index in [-0.39, 0.29) is 17.0 Å². The summed E-state index contributed by atoms with van der Waals surface area (Å²) in [4.78, 5) is 14.4. The molecule has 0 spiro atoms. The summed E-state index contributed by atoms with van der Waals surface area (Å²) in [5.41, 5.74) is 5.96. The molecule has 4 nitrogen and oxygen atoms in total. The van der Waals surface area contributed by atoms with E-state index in [9.17, 15) is 4.79 Å². The fourth-order valence-corrected chi connectivity index (χ4v) is 3.43. The largest absolute Gasteiger partial charge is 0.377 e. The van der Waals surface area contributed by atoms with Crippen LogP contribution in [0.25, 0.3) is 0 Å². The molecule has 0 bridgehead atoms. The van der Waals surface area contributed by atoms with Crippen molar-refractivity contribution in [1.82, 2.24) is 4.90 Å². The van der Waals surface area contributed by atoms with Gasteiger partial charge >= 0.3 is 0 Å². The van der Waals surface area contributed by atoms with Crippen LogP contribution in [0.15, 0.2) is 0 Å². The summed E-state index contributed by atoms with van der Waals surface area (Å²) in [7, 11) is 1.74. The van der Waals surface area contributed by atoms with E-state index in [2.05, 4.69) is 6.92 Å². The minimum Gasteiger partial charge on any atom is -0.377 e. The van der Waals surface area contributed by atoms with Crippen molar-refractivity contribution in [2.45, 2.75) is 69.4 Å². The highest BCUT2D eigenvalue weighted by molar-refractivity contribution is 5.77. The molecule has 0 aromatic rings. The van der Waals surface area contributed by atoms with Crippen molar-refractivity contribution in [1.29, 1.82) is 0 Å². The lowest BCUT2D eigenvalue weighted by molar-refractivity contribution is -0.140. The smallest absolute Gasteiger partial charge is 0.224 e. The Balaban J connectivity index is 1.92. The van der Waals surface area contributed by atoms with E-state index in [1.165, 1.54) is 19.3 Å². The van der Waals surface area contributed by atoms with Gasteiger partial charge in [0.25, 0.3) is 0 Å². The van der Waals surface area contributed by atoms with Crippen LogP contribution in [0.2, 0.25) is 0 Å². The first-order valence-corrected chi connectivity index (χ1v) is 7.58. The van der Waals surface area contributed by atoms with Crippen molar-refractivity contribution < 1.29 is 9.53 Å². The van der Waals surface area contributed by atoms with Crippen molar-refractivity contribution in [3.05, 3.63) is 0 Å². The highest BCUT2D eigenvalue weighted by Gasteiger charge is 2.36. The number of nitrogens with zero attached hydrogens (tertiary/aromatic N) is 1. The van der Waals surface area contributed by atoms with Gasteiger partial charge in [0.1, 0.15) is 0 Å². The molecule has 19 heavy (non-hydrogen) atoms. The molecule has 2 rings (SSSR count). The first-order chi connectivity index (χ1) is 8.96. The number of hydrogen-bond acceptors (Lipinski definition) is 3. The van der Waals surface area contributed by atoms with Crippen LogP contribution in [0.1, 0.15) is 58.3 Å². The van der Waals surface area contributed by atoms with E-state index in [1.54, 1.807) is 7.11 Å². The van der Waals surface area contributed by atoms with E-state index >= 15 is 0 Å². The summed E-state index contributed by atoms with van der Waals surface area (Å²) in [5.74, 6) is 0.215. The summed E-state index contributed by atoms with van der Waals surface area (Å²) in [6, 6.07) is 0. The maximum Gasteiger partial charge on any atom is 0.224 e. The minimum atomic E-state index is -0.254. The number of carbonyl (C=O) groups is 1. The number of methoxy groups -OCH3 is 1. The van der Waals surface area contributed by atoms with Crippen LogP contribution in [0.4, 0.5) is 0 Å². The van der Waals surface area contributed by atoms with Crippen LogP contribution in [0.5, 0.6) is 0 Å². The summed E-state index contributed by atoms with van der Waals surface area (Å²) < 4.78 is 5.55. The molecule has 1 aliphatic heterocycles. The topological polar surface area (TPSA) is 55.6 Å². The van der Waals surface area contributed by atoms with E-state index in [4.69, 9.17) is 10.5 Å². The molecular weight excluding hydrogens is 240 g/mol. The van der Waals surface area contributed by atoms with Crippen molar-refractivity contribution in [2.75, 3.05) is 20.2 Å². The Bertz CT molecular complexity index is 326. The Kier molecular flexibility index (Phi) is 4.51. The second-order valence-corrected chi connectivity index (χ2v) is 6.67. The number of amides is 1. The Hall–Kier alpha value is -0.610. The molecule has 1 aliphatic carbocycles. The molecular formula is C15H28N2O2. The van der Waals surface area contributed by atoms with Crippen molar-refractivity contribution >= 4 is 5.91 Å². The fraction of sp³-hybridized carbons (Fsp3) is 0.933. The van der Waals surface area contributed by atoms with Crippen LogP contribution in [-0.4, -0.2) is 42.1 Å². The van der Waals surface area contributed by atoms with Gasteiger partial charge in [0, 0.05) is 32.2 Å². The molecule has 1 saturated carbocycles. The van der Waals surface area contributed by atoms with Gasteiger partial charge in [-0.3, -0.25) is 4.79 Å². The van der Waals surface area contributed by atoms with Gasteiger partial charge in [0.05, 0.1) is 5.60 Å². The molecule has 110 valence electrons. The molecule has 1 atom stereocenters. The minimum absolute atomic E-state index is 0.178. The zero-order valence-electron chi connectivity index (χ0n) is 12.4. The molecule has 1 unspecified atom stereocenters. The number of carbonyl (C=O) groups excluding carboxylic acids is 1. The lowest BCUT2D eigenvalue weighted by atomic mass is 9.79. The highest BCUT2D eigenvalue weighted by atomic mass is 16.5. The monoisotopic (exact) mass is 268 g/mol. The molecule has 4 heteroatoms. The number of rotatable bonds is 3. The number of ether oxygens (including phenoxy) is 1. The third-order valence-electron chi connectivity index (χ3n) is 4.86. The van der Waals surface area contributed by atoms with Gasteiger partial charge in [-0.05, 0) is 32.6 Å². The van der Waals surface area contributed by atoms with Gasteiger partial charge in [0.2, 0.25) is 5.91 Å². The predicted octanol–water partition coefficient (Wildman–Crippen LogP) is 2.07. The predicted molar refractivity (Wildman–Crippen MR) is 75.8 cm³/mol. The third-order valence-corrected chi connectivity index (χ3v) is 4.86. The van der Waals surface area contributed by atoms with Crippen LogP contribution < -0.4 is 5.73 Å².